The van der Waals surface area contributed by atoms with Crippen LogP contribution < -0.4 is 24.8 Å². The van der Waals surface area contributed by atoms with E-state index in [0.29, 0.717) is 11.8 Å². The van der Waals surface area contributed by atoms with Gasteiger partial charge in [-0.05, 0) is 0 Å². The molecule has 0 N–H and O–H groups in total. The summed E-state index contributed by atoms with van der Waals surface area (Å²) >= 11 is -0.893. The molecule has 0 bridgehead atoms. The maximum atomic E-state index is 2.53. The molecule has 39 heavy (non-hydrogen) atoms. The summed E-state index contributed by atoms with van der Waals surface area (Å²) in [4.78, 5) is 0. The Labute approximate surface area is 259 Å². The Bertz CT molecular complexity index is 1310. The summed E-state index contributed by atoms with van der Waals surface area (Å²) in [6, 6.07) is 18.0. The van der Waals surface area contributed by atoms with E-state index in [1.54, 1.807) is 11.1 Å². The molecular weight excluding hydrogens is 595 g/mol. The molecule has 200 valence electrons. The molecule has 0 radical (unpaired) electrons. The molecule has 4 aliphatic carbocycles. The van der Waals surface area contributed by atoms with Crippen molar-refractivity contribution < 1.29 is 48.0 Å². The van der Waals surface area contributed by atoms with E-state index >= 15 is 0 Å². The van der Waals surface area contributed by atoms with Crippen molar-refractivity contribution >= 4 is 12.2 Å². The Morgan fingerprint density at radius 3 is 1.46 bits per heavy atom. The van der Waals surface area contributed by atoms with Crippen LogP contribution in [0.25, 0.3) is 12.2 Å². The molecule has 6 rings (SSSR count). The molecule has 0 fully saturated rings. The number of fused-ring (bicyclic) bond motifs is 2. The zero-order valence-electron chi connectivity index (χ0n) is 23.5. The maximum absolute atomic E-state index is 2.53. The second-order valence-corrected chi connectivity index (χ2v) is 15.2. The van der Waals surface area contributed by atoms with E-state index in [1.165, 1.54) is 47.9 Å². The topological polar surface area (TPSA) is 0 Å². The van der Waals surface area contributed by atoms with Gasteiger partial charge in [-0.1, -0.05) is 0 Å². The SMILES string of the molecule is CCC(C)(C1=[C]([Zr+2][C]2=C(C(C)(CC)C3C=Cc4ccccc43)C=CC2)CC=C1)C1C=Cc2ccccc21.[Cl-].[Cl-]. The van der Waals surface area contributed by atoms with Crippen LogP contribution >= 0.6 is 0 Å². The Morgan fingerprint density at radius 2 is 1.05 bits per heavy atom. The van der Waals surface area contributed by atoms with Crippen LogP contribution in [-0.2, 0) is 23.2 Å². The predicted octanol–water partition coefficient (Wildman–Crippen LogP) is 3.96. The van der Waals surface area contributed by atoms with E-state index in [1.807, 2.05) is 6.56 Å². The molecule has 0 aliphatic heterocycles. The van der Waals surface area contributed by atoms with Gasteiger partial charge in [0, 0.05) is 0 Å². The van der Waals surface area contributed by atoms with Gasteiger partial charge in [-0.25, -0.2) is 0 Å². The van der Waals surface area contributed by atoms with E-state index < -0.39 is 23.2 Å². The molecule has 4 aliphatic rings. The standard InChI is InChI=1S/2C18H19.2ClH.Zr/c2*1-3-18(2,15-9-5-6-10-15)17-13-12-14-8-4-7-11-16(14)17;;;/h2*4-5,7-9,11-13,17H,3,6H2,1-2H3;2*1H;/q;;;;+2/p-2. The van der Waals surface area contributed by atoms with Crippen LogP contribution in [0, 0.1) is 10.8 Å². The van der Waals surface area contributed by atoms with Gasteiger partial charge in [0.25, 0.3) is 0 Å². The van der Waals surface area contributed by atoms with Gasteiger partial charge in [0.05, 0.1) is 0 Å². The van der Waals surface area contributed by atoms with Gasteiger partial charge in [0.2, 0.25) is 0 Å². The molecule has 0 saturated heterocycles. The molecule has 0 saturated carbocycles. The third-order valence-electron chi connectivity index (χ3n) is 9.84. The molecule has 4 atom stereocenters. The Kier molecular flexibility index (Phi) is 9.37. The third kappa shape index (κ3) is 5.03. The van der Waals surface area contributed by atoms with E-state index in [-0.39, 0.29) is 35.6 Å². The number of rotatable bonds is 8. The first kappa shape index (κ1) is 30.3. The molecule has 4 unspecified atom stereocenters. The normalized spacial score (nSPS) is 23.2. The summed E-state index contributed by atoms with van der Waals surface area (Å²) in [5.74, 6) is 0.939. The van der Waals surface area contributed by atoms with Crippen LogP contribution in [0.1, 0.15) is 87.5 Å². The first-order chi connectivity index (χ1) is 18.0. The van der Waals surface area contributed by atoms with Crippen LogP contribution in [0.15, 0.2) is 103 Å². The van der Waals surface area contributed by atoms with Gasteiger partial charge in [0.1, 0.15) is 0 Å². The van der Waals surface area contributed by atoms with Gasteiger partial charge in [-0.3, -0.25) is 0 Å². The molecule has 0 amide bonds. The molecule has 0 nitrogen and oxygen atoms in total. The number of allylic oxidation sites excluding steroid dienone is 10. The largest absolute Gasteiger partial charge is 1.00 e. The van der Waals surface area contributed by atoms with Crippen LogP contribution in [0.2, 0.25) is 0 Å². The Hall–Kier alpha value is -1.66. The van der Waals surface area contributed by atoms with Crippen molar-refractivity contribution in [2.24, 2.45) is 10.8 Å². The average Bonchev–Trinajstić information content (AvgIpc) is 3.74. The molecule has 0 heterocycles. The van der Waals surface area contributed by atoms with Crippen LogP contribution in [0.3, 0.4) is 0 Å². The fourth-order valence-corrected chi connectivity index (χ4v) is 11.7. The molecule has 2 aromatic carbocycles. The zero-order chi connectivity index (χ0) is 25.6. The summed E-state index contributed by atoms with van der Waals surface area (Å²) in [6.07, 6.45) is 24.3. The summed E-state index contributed by atoms with van der Waals surface area (Å²) in [6.45, 7) is 9.87. The van der Waals surface area contributed by atoms with Crippen LogP contribution in [0.5, 0.6) is 0 Å². The van der Waals surface area contributed by atoms with E-state index in [9.17, 15) is 0 Å². The number of halogens is 2. The Morgan fingerprint density at radius 1 is 0.641 bits per heavy atom. The first-order valence-electron chi connectivity index (χ1n) is 14.1. The summed E-state index contributed by atoms with van der Waals surface area (Å²) in [5.41, 5.74) is 9.47. The van der Waals surface area contributed by atoms with Crippen molar-refractivity contribution in [3.63, 3.8) is 0 Å². The quantitative estimate of drug-likeness (QED) is 0.414. The van der Waals surface area contributed by atoms with Gasteiger partial charge >= 0.3 is 236 Å². The minimum Gasteiger partial charge on any atom is -1.00 e. The van der Waals surface area contributed by atoms with Gasteiger partial charge in [0.15, 0.2) is 0 Å². The second-order valence-electron chi connectivity index (χ2n) is 11.6. The second kappa shape index (κ2) is 12.1. The van der Waals surface area contributed by atoms with Gasteiger partial charge in [-0.2, -0.15) is 0 Å². The van der Waals surface area contributed by atoms with Crippen molar-refractivity contribution in [3.8, 4) is 0 Å². The van der Waals surface area contributed by atoms with E-state index in [2.05, 4.69) is 125 Å². The first-order valence-corrected chi connectivity index (χ1v) is 16.6. The average molecular weight is 633 g/mol. The molecular formula is C36H38Cl2Zr. The van der Waals surface area contributed by atoms with Crippen molar-refractivity contribution in [1.82, 2.24) is 0 Å². The minimum atomic E-state index is -0.893. The summed E-state index contributed by atoms with van der Waals surface area (Å²) in [5, 5.41) is 0. The van der Waals surface area contributed by atoms with Crippen molar-refractivity contribution in [3.05, 3.63) is 125 Å². The smallest absolute Gasteiger partial charge is 1.00 e. The van der Waals surface area contributed by atoms with Crippen LogP contribution in [-0.4, -0.2) is 0 Å². The minimum absolute atomic E-state index is 0. The Balaban J connectivity index is 0.00000176. The maximum Gasteiger partial charge on any atom is -1.00 e. The van der Waals surface area contributed by atoms with Crippen molar-refractivity contribution in [1.29, 1.82) is 0 Å². The van der Waals surface area contributed by atoms with E-state index in [0.717, 1.165) is 0 Å². The zero-order valence-corrected chi connectivity index (χ0v) is 27.4. The monoisotopic (exact) mass is 630 g/mol. The summed E-state index contributed by atoms with van der Waals surface area (Å²) < 4.78 is 3.62. The molecule has 0 spiro atoms. The number of benzene rings is 2. The third-order valence-corrected chi connectivity index (χ3v) is 13.6. The number of hydrogen-bond donors (Lipinski definition) is 0. The van der Waals surface area contributed by atoms with Crippen LogP contribution in [0.4, 0.5) is 0 Å². The van der Waals surface area contributed by atoms with Gasteiger partial charge < -0.3 is 24.8 Å². The number of hydrogen-bond acceptors (Lipinski definition) is 0. The molecule has 2 aromatic rings. The van der Waals surface area contributed by atoms with Gasteiger partial charge in [-0.15, -0.1) is 0 Å². The predicted molar refractivity (Wildman–Crippen MR) is 155 cm³/mol. The van der Waals surface area contributed by atoms with Crippen molar-refractivity contribution in [2.75, 3.05) is 0 Å². The molecule has 3 heteroatoms. The fourth-order valence-electron chi connectivity index (χ4n) is 7.27. The summed E-state index contributed by atoms with van der Waals surface area (Å²) in [7, 11) is 0. The van der Waals surface area contributed by atoms with E-state index in [4.69, 9.17) is 0 Å². The molecule has 0 aromatic heterocycles. The fraction of sp³-hybridized carbons (Fsp3) is 0.333. The van der Waals surface area contributed by atoms with Crippen molar-refractivity contribution in [2.45, 2.75) is 65.2 Å².